The Hall–Kier alpha value is -2.41. The molecule has 0 aliphatic heterocycles. The van der Waals surface area contributed by atoms with Crippen molar-refractivity contribution >= 4 is 33.4 Å². The van der Waals surface area contributed by atoms with Gasteiger partial charge in [-0.3, -0.25) is 4.79 Å². The maximum Gasteiger partial charge on any atom is 0.255 e. The van der Waals surface area contributed by atoms with Crippen LogP contribution in [0.4, 0.5) is 10.1 Å². The van der Waals surface area contributed by atoms with Gasteiger partial charge in [0, 0.05) is 15.6 Å². The molecular weight excluding hydrogens is 341 g/mol. The van der Waals surface area contributed by atoms with E-state index in [9.17, 15) is 9.18 Å². The van der Waals surface area contributed by atoms with Crippen LogP contribution in [0, 0.1) is 5.82 Å². The minimum atomic E-state index is -0.676. The molecule has 4 N–H and O–H groups in total. The molecule has 0 fully saturated rings. The minimum Gasteiger partial charge on any atom is -0.409 e. The predicted octanol–water partition coefficient (Wildman–Crippen LogP) is 2.94. The third kappa shape index (κ3) is 3.57. The number of anilines is 1. The van der Waals surface area contributed by atoms with E-state index in [4.69, 9.17) is 10.9 Å². The van der Waals surface area contributed by atoms with Gasteiger partial charge in [0.25, 0.3) is 5.91 Å². The van der Waals surface area contributed by atoms with Crippen LogP contribution in [0.15, 0.2) is 52.1 Å². The molecule has 0 atom stereocenters. The van der Waals surface area contributed by atoms with E-state index in [-0.39, 0.29) is 17.1 Å². The molecule has 0 aliphatic rings. The molecule has 1 amide bonds. The molecule has 0 radical (unpaired) electrons. The molecule has 0 saturated heterocycles. The highest BCUT2D eigenvalue weighted by Gasteiger charge is 2.11. The molecule has 0 bridgehead atoms. The summed E-state index contributed by atoms with van der Waals surface area (Å²) in [6, 6.07) is 10.5. The molecule has 2 aromatic carbocycles. The number of hydrogen-bond acceptors (Lipinski definition) is 3. The van der Waals surface area contributed by atoms with Gasteiger partial charge in [0.2, 0.25) is 0 Å². The van der Waals surface area contributed by atoms with Crippen molar-refractivity contribution in [2.45, 2.75) is 0 Å². The molecule has 108 valence electrons. The summed E-state index contributed by atoms with van der Waals surface area (Å²) in [5.41, 5.74) is 5.99. The van der Waals surface area contributed by atoms with Gasteiger partial charge in [-0.15, -0.1) is 0 Å². The molecular formula is C14H11BrFN3O2. The van der Waals surface area contributed by atoms with Crippen molar-refractivity contribution in [2.24, 2.45) is 10.9 Å². The zero-order valence-electron chi connectivity index (χ0n) is 10.7. The van der Waals surface area contributed by atoms with E-state index in [1.54, 1.807) is 24.3 Å². The number of carbonyl (C=O) groups excluding carboxylic acids is 1. The van der Waals surface area contributed by atoms with Crippen LogP contribution in [0.1, 0.15) is 15.9 Å². The first-order valence-electron chi connectivity index (χ1n) is 5.85. The van der Waals surface area contributed by atoms with Crippen LogP contribution >= 0.6 is 15.9 Å². The van der Waals surface area contributed by atoms with Crippen LogP contribution in [-0.4, -0.2) is 17.0 Å². The highest BCUT2D eigenvalue weighted by molar-refractivity contribution is 9.10. The number of benzene rings is 2. The van der Waals surface area contributed by atoms with Crippen molar-refractivity contribution in [2.75, 3.05) is 5.32 Å². The number of nitrogens with zero attached hydrogens (tertiary/aromatic N) is 1. The summed E-state index contributed by atoms with van der Waals surface area (Å²) in [6.07, 6.45) is 0. The van der Waals surface area contributed by atoms with Gasteiger partial charge >= 0.3 is 0 Å². The van der Waals surface area contributed by atoms with E-state index < -0.39 is 11.7 Å². The highest BCUT2D eigenvalue weighted by atomic mass is 79.9. The molecule has 2 aromatic rings. The Morgan fingerprint density at radius 3 is 2.38 bits per heavy atom. The SMILES string of the molecule is N/C(=N/O)c1ccc(NC(=O)c2ccc(Br)cc2)c(F)c1. The van der Waals surface area contributed by atoms with E-state index >= 15 is 0 Å². The van der Waals surface area contributed by atoms with Crippen molar-refractivity contribution in [1.82, 2.24) is 0 Å². The van der Waals surface area contributed by atoms with Gasteiger partial charge < -0.3 is 16.3 Å². The third-order valence-corrected chi connectivity index (χ3v) is 3.26. The van der Waals surface area contributed by atoms with Gasteiger partial charge in [-0.1, -0.05) is 21.1 Å². The number of amidine groups is 1. The van der Waals surface area contributed by atoms with Crippen molar-refractivity contribution in [1.29, 1.82) is 0 Å². The van der Waals surface area contributed by atoms with Crippen molar-refractivity contribution in [3.8, 4) is 0 Å². The van der Waals surface area contributed by atoms with Gasteiger partial charge in [-0.2, -0.15) is 0 Å². The molecule has 0 heterocycles. The zero-order valence-corrected chi connectivity index (χ0v) is 12.3. The Morgan fingerprint density at radius 1 is 1.19 bits per heavy atom. The number of nitrogens with two attached hydrogens (primary N) is 1. The van der Waals surface area contributed by atoms with Crippen molar-refractivity contribution in [3.63, 3.8) is 0 Å². The lowest BCUT2D eigenvalue weighted by atomic mass is 10.1. The third-order valence-electron chi connectivity index (χ3n) is 2.73. The number of hydrogen-bond donors (Lipinski definition) is 3. The normalized spacial score (nSPS) is 11.2. The fourth-order valence-electron chi connectivity index (χ4n) is 1.63. The van der Waals surface area contributed by atoms with Crippen LogP contribution < -0.4 is 11.1 Å². The topological polar surface area (TPSA) is 87.7 Å². The van der Waals surface area contributed by atoms with E-state index in [0.29, 0.717) is 5.56 Å². The summed E-state index contributed by atoms with van der Waals surface area (Å²) >= 11 is 3.27. The smallest absolute Gasteiger partial charge is 0.255 e. The lowest BCUT2D eigenvalue weighted by Crippen LogP contribution is -2.15. The lowest BCUT2D eigenvalue weighted by Gasteiger charge is -2.08. The predicted molar refractivity (Wildman–Crippen MR) is 81.0 cm³/mol. The number of rotatable bonds is 3. The van der Waals surface area contributed by atoms with Crippen LogP contribution in [0.25, 0.3) is 0 Å². The van der Waals surface area contributed by atoms with Crippen LogP contribution in [0.5, 0.6) is 0 Å². The number of oxime groups is 1. The number of halogens is 2. The van der Waals surface area contributed by atoms with Gasteiger partial charge in [0.15, 0.2) is 5.84 Å². The zero-order chi connectivity index (χ0) is 15.4. The van der Waals surface area contributed by atoms with Gasteiger partial charge in [-0.05, 0) is 42.5 Å². The quantitative estimate of drug-likeness (QED) is 0.344. The molecule has 0 spiro atoms. The van der Waals surface area contributed by atoms with E-state index in [1.807, 2.05) is 0 Å². The Balaban J connectivity index is 2.20. The second kappa shape index (κ2) is 6.36. The maximum absolute atomic E-state index is 13.9. The van der Waals surface area contributed by atoms with E-state index in [1.165, 1.54) is 12.1 Å². The molecule has 2 rings (SSSR count). The Labute approximate surface area is 128 Å². The van der Waals surface area contributed by atoms with Crippen molar-refractivity contribution < 1.29 is 14.4 Å². The number of nitrogens with one attached hydrogen (secondary N) is 1. The van der Waals surface area contributed by atoms with Gasteiger partial charge in [0.1, 0.15) is 5.82 Å². The summed E-state index contributed by atoms with van der Waals surface area (Å²) in [6.45, 7) is 0. The average Bonchev–Trinajstić information content (AvgIpc) is 2.49. The Morgan fingerprint density at radius 2 is 1.81 bits per heavy atom. The molecule has 0 saturated carbocycles. The maximum atomic E-state index is 13.9. The molecule has 0 aromatic heterocycles. The summed E-state index contributed by atoms with van der Waals surface area (Å²) in [5.74, 6) is -1.32. The van der Waals surface area contributed by atoms with Gasteiger partial charge in [0.05, 0.1) is 5.69 Å². The summed E-state index contributed by atoms with van der Waals surface area (Å²) < 4.78 is 14.7. The molecule has 21 heavy (non-hydrogen) atoms. The van der Waals surface area contributed by atoms with Crippen LogP contribution in [-0.2, 0) is 0 Å². The molecule has 0 aliphatic carbocycles. The minimum absolute atomic E-state index is 0.0115. The lowest BCUT2D eigenvalue weighted by molar-refractivity contribution is 0.102. The van der Waals surface area contributed by atoms with Crippen LogP contribution in [0.2, 0.25) is 0 Å². The van der Waals surface area contributed by atoms with Crippen molar-refractivity contribution in [3.05, 3.63) is 63.9 Å². The second-order valence-electron chi connectivity index (χ2n) is 4.14. The molecule has 5 nitrogen and oxygen atoms in total. The first-order valence-corrected chi connectivity index (χ1v) is 6.65. The molecule has 0 unspecified atom stereocenters. The van der Waals surface area contributed by atoms with Crippen LogP contribution in [0.3, 0.4) is 0 Å². The summed E-state index contributed by atoms with van der Waals surface area (Å²) in [5, 5.41) is 13.8. The standard InChI is InChI=1S/C14H11BrFN3O2/c15-10-4-1-8(2-5-10)14(20)18-12-6-3-9(7-11(12)16)13(17)19-21/h1-7,21H,(H2,17,19)(H,18,20). The highest BCUT2D eigenvalue weighted by Crippen LogP contribution is 2.17. The van der Waals surface area contributed by atoms with E-state index in [2.05, 4.69) is 26.4 Å². The first-order chi connectivity index (χ1) is 10.0. The first kappa shape index (κ1) is 15.0. The number of amides is 1. The fourth-order valence-corrected chi connectivity index (χ4v) is 1.89. The average molecular weight is 352 g/mol. The molecule has 7 heteroatoms. The number of carbonyl (C=O) groups is 1. The van der Waals surface area contributed by atoms with E-state index in [0.717, 1.165) is 10.5 Å². The van der Waals surface area contributed by atoms with Gasteiger partial charge in [-0.25, -0.2) is 4.39 Å². The fraction of sp³-hybridized carbons (Fsp3) is 0. The second-order valence-corrected chi connectivity index (χ2v) is 5.06. The Bertz CT molecular complexity index is 702. The summed E-state index contributed by atoms with van der Waals surface area (Å²) in [4.78, 5) is 12.0. The Kier molecular flexibility index (Phi) is 4.54. The monoisotopic (exact) mass is 351 g/mol. The summed E-state index contributed by atoms with van der Waals surface area (Å²) in [7, 11) is 0. The largest absolute Gasteiger partial charge is 0.409 e.